The van der Waals surface area contributed by atoms with E-state index in [9.17, 15) is 5.11 Å². The van der Waals surface area contributed by atoms with Gasteiger partial charge in [-0.3, -0.25) is 0 Å². The fourth-order valence-corrected chi connectivity index (χ4v) is 1.41. The van der Waals surface area contributed by atoms with E-state index in [-0.39, 0.29) is 0 Å². The largest absolute Gasteiger partial charge is 0.493 e. The fraction of sp³-hybridized carbons (Fsp3) is 0.214. The summed E-state index contributed by atoms with van der Waals surface area (Å²) in [6.07, 6.45) is 1.08. The van der Waals surface area contributed by atoms with Gasteiger partial charge in [0.15, 0.2) is 0 Å². The predicted molar refractivity (Wildman–Crippen MR) is 67.4 cm³/mol. The van der Waals surface area contributed by atoms with E-state index in [1.165, 1.54) is 0 Å². The van der Waals surface area contributed by atoms with Crippen molar-refractivity contribution in [3.05, 3.63) is 54.7 Å². The van der Waals surface area contributed by atoms with Crippen LogP contribution in [0.2, 0.25) is 0 Å². The van der Waals surface area contributed by atoms with Crippen molar-refractivity contribution in [2.75, 3.05) is 6.61 Å². The van der Waals surface area contributed by atoms with Gasteiger partial charge in [-0.15, -0.1) is 0 Å². The minimum atomic E-state index is -0.913. The average Bonchev–Trinajstić information content (AvgIpc) is 2.41. The van der Waals surface area contributed by atoms with Crippen molar-refractivity contribution in [1.82, 2.24) is 4.98 Å². The van der Waals surface area contributed by atoms with E-state index in [4.69, 9.17) is 9.47 Å². The third-order valence-corrected chi connectivity index (χ3v) is 2.27. The molecule has 94 valence electrons. The first-order valence-electron chi connectivity index (χ1n) is 5.78. The van der Waals surface area contributed by atoms with Gasteiger partial charge in [0.05, 0.1) is 6.61 Å². The number of benzene rings is 1. The number of ether oxygens (including phenoxy) is 2. The lowest BCUT2D eigenvalue weighted by atomic mass is 10.3. The van der Waals surface area contributed by atoms with Crippen molar-refractivity contribution >= 4 is 0 Å². The van der Waals surface area contributed by atoms with E-state index in [1.807, 2.05) is 30.3 Å². The first kappa shape index (κ1) is 12.4. The molecule has 1 atom stereocenters. The summed E-state index contributed by atoms with van der Waals surface area (Å²) in [5.41, 5.74) is 0. The van der Waals surface area contributed by atoms with Gasteiger partial charge in [-0.25, -0.2) is 4.98 Å². The van der Waals surface area contributed by atoms with Gasteiger partial charge in [0, 0.05) is 18.7 Å². The summed E-state index contributed by atoms with van der Waals surface area (Å²) in [6.45, 7) is 0.387. The van der Waals surface area contributed by atoms with E-state index in [2.05, 4.69) is 4.98 Å². The molecule has 2 aromatic rings. The smallest absolute Gasteiger partial charge is 0.215 e. The van der Waals surface area contributed by atoms with Crippen LogP contribution in [0, 0.1) is 0 Å². The van der Waals surface area contributed by atoms with Gasteiger partial charge in [0.1, 0.15) is 5.75 Å². The zero-order valence-corrected chi connectivity index (χ0v) is 9.90. The highest BCUT2D eigenvalue weighted by atomic mass is 16.6. The summed E-state index contributed by atoms with van der Waals surface area (Å²) in [5, 5.41) is 9.64. The van der Waals surface area contributed by atoms with Crippen molar-refractivity contribution in [2.24, 2.45) is 0 Å². The SMILES string of the molecule is OC(CCOc1ccccc1)Oc1ccccn1. The van der Waals surface area contributed by atoms with Crippen LogP contribution in [-0.2, 0) is 0 Å². The molecular formula is C14H15NO3. The highest BCUT2D eigenvalue weighted by molar-refractivity contribution is 5.20. The van der Waals surface area contributed by atoms with Gasteiger partial charge >= 0.3 is 0 Å². The third kappa shape index (κ3) is 4.07. The van der Waals surface area contributed by atoms with E-state index in [0.717, 1.165) is 5.75 Å². The molecule has 0 bridgehead atoms. The highest BCUT2D eigenvalue weighted by Crippen LogP contribution is 2.10. The first-order valence-corrected chi connectivity index (χ1v) is 5.78. The summed E-state index contributed by atoms with van der Waals surface area (Å²) < 4.78 is 10.7. The molecule has 0 aliphatic heterocycles. The molecular weight excluding hydrogens is 230 g/mol. The Morgan fingerprint density at radius 2 is 1.83 bits per heavy atom. The van der Waals surface area contributed by atoms with Crippen LogP contribution < -0.4 is 9.47 Å². The lowest BCUT2D eigenvalue weighted by Gasteiger charge is -2.13. The Bertz CT molecular complexity index is 447. The third-order valence-electron chi connectivity index (χ3n) is 2.27. The second-order valence-electron chi connectivity index (χ2n) is 3.69. The highest BCUT2D eigenvalue weighted by Gasteiger charge is 2.06. The Morgan fingerprint density at radius 1 is 1.06 bits per heavy atom. The number of hydrogen-bond acceptors (Lipinski definition) is 4. The normalized spacial score (nSPS) is 11.8. The van der Waals surface area contributed by atoms with E-state index in [1.54, 1.807) is 24.4 Å². The Hall–Kier alpha value is -2.07. The number of para-hydroxylation sites is 1. The Kier molecular flexibility index (Phi) is 4.55. The number of rotatable bonds is 6. The topological polar surface area (TPSA) is 51.6 Å². The lowest BCUT2D eigenvalue weighted by molar-refractivity contribution is -0.0336. The molecule has 0 fully saturated rings. The Morgan fingerprint density at radius 3 is 2.56 bits per heavy atom. The molecule has 1 unspecified atom stereocenters. The molecule has 18 heavy (non-hydrogen) atoms. The molecule has 0 aliphatic rings. The molecule has 1 aromatic heterocycles. The van der Waals surface area contributed by atoms with E-state index in [0.29, 0.717) is 18.9 Å². The molecule has 1 N–H and O–H groups in total. The second-order valence-corrected chi connectivity index (χ2v) is 3.69. The molecule has 0 radical (unpaired) electrons. The minimum absolute atomic E-state index is 0.380. The molecule has 4 nitrogen and oxygen atoms in total. The van der Waals surface area contributed by atoms with Crippen molar-refractivity contribution in [3.8, 4) is 11.6 Å². The van der Waals surface area contributed by atoms with Crippen molar-refractivity contribution in [1.29, 1.82) is 0 Å². The summed E-state index contributed by atoms with van der Waals surface area (Å²) in [4.78, 5) is 3.96. The van der Waals surface area contributed by atoms with Crippen LogP contribution >= 0.6 is 0 Å². The quantitative estimate of drug-likeness (QED) is 0.793. The van der Waals surface area contributed by atoms with Crippen LogP contribution in [0.3, 0.4) is 0 Å². The number of nitrogens with zero attached hydrogens (tertiary/aromatic N) is 1. The monoisotopic (exact) mass is 245 g/mol. The summed E-state index contributed by atoms with van der Waals surface area (Å²) >= 11 is 0. The molecule has 1 aromatic carbocycles. The predicted octanol–water partition coefficient (Wildman–Crippen LogP) is 2.25. The zero-order valence-electron chi connectivity index (χ0n) is 9.90. The van der Waals surface area contributed by atoms with Gasteiger partial charge in [-0.05, 0) is 18.2 Å². The van der Waals surface area contributed by atoms with Crippen molar-refractivity contribution in [3.63, 3.8) is 0 Å². The van der Waals surface area contributed by atoms with Crippen LogP contribution in [0.1, 0.15) is 6.42 Å². The molecule has 1 heterocycles. The lowest BCUT2D eigenvalue weighted by Crippen LogP contribution is -2.19. The number of pyridine rings is 1. The summed E-state index contributed by atoms with van der Waals surface area (Å²) in [6, 6.07) is 14.7. The molecule has 0 amide bonds. The average molecular weight is 245 g/mol. The number of aliphatic hydroxyl groups excluding tert-OH is 1. The maximum Gasteiger partial charge on any atom is 0.215 e. The molecule has 4 heteroatoms. The van der Waals surface area contributed by atoms with E-state index >= 15 is 0 Å². The van der Waals surface area contributed by atoms with Gasteiger partial charge in [0.25, 0.3) is 0 Å². The van der Waals surface area contributed by atoms with Crippen LogP contribution in [0.5, 0.6) is 11.6 Å². The standard InChI is InChI=1S/C14H15NO3/c16-14(18-13-8-4-5-10-15-13)9-11-17-12-6-2-1-3-7-12/h1-8,10,14,16H,9,11H2. The van der Waals surface area contributed by atoms with Crippen LogP contribution in [0.4, 0.5) is 0 Å². The maximum atomic E-state index is 9.64. The number of hydrogen-bond donors (Lipinski definition) is 1. The van der Waals surface area contributed by atoms with Crippen molar-refractivity contribution in [2.45, 2.75) is 12.7 Å². The zero-order chi connectivity index (χ0) is 12.6. The van der Waals surface area contributed by atoms with Gasteiger partial charge in [-0.1, -0.05) is 24.3 Å². The number of aliphatic hydroxyl groups is 1. The Labute approximate surface area is 106 Å². The van der Waals surface area contributed by atoms with Gasteiger partial charge in [-0.2, -0.15) is 0 Å². The van der Waals surface area contributed by atoms with Crippen molar-refractivity contribution < 1.29 is 14.6 Å². The van der Waals surface area contributed by atoms with Gasteiger partial charge in [0.2, 0.25) is 12.2 Å². The fourth-order valence-electron chi connectivity index (χ4n) is 1.41. The molecule has 0 spiro atoms. The number of aromatic nitrogens is 1. The molecule has 0 saturated heterocycles. The second kappa shape index (κ2) is 6.61. The van der Waals surface area contributed by atoms with E-state index < -0.39 is 6.29 Å². The van der Waals surface area contributed by atoms with Crippen LogP contribution in [-0.4, -0.2) is 23.0 Å². The minimum Gasteiger partial charge on any atom is -0.493 e. The summed E-state index contributed by atoms with van der Waals surface area (Å²) in [7, 11) is 0. The molecule has 0 aliphatic carbocycles. The van der Waals surface area contributed by atoms with Crippen LogP contribution in [0.15, 0.2) is 54.7 Å². The van der Waals surface area contributed by atoms with Gasteiger partial charge < -0.3 is 14.6 Å². The Balaban J connectivity index is 1.71. The maximum absolute atomic E-state index is 9.64. The molecule has 2 rings (SSSR count). The molecule has 0 saturated carbocycles. The van der Waals surface area contributed by atoms with Crippen LogP contribution in [0.25, 0.3) is 0 Å². The first-order chi connectivity index (χ1) is 8.84. The summed E-state index contributed by atoms with van der Waals surface area (Å²) in [5.74, 6) is 1.19.